The van der Waals surface area contributed by atoms with Gasteiger partial charge in [-0.1, -0.05) is 12.8 Å². The molecule has 2 aromatic heterocycles. The lowest BCUT2D eigenvalue weighted by Gasteiger charge is -2.30. The highest BCUT2D eigenvalue weighted by Crippen LogP contribution is 2.32. The number of amides is 1. The standard InChI is InChI=1S/C18H25N3O2S/c1-12-15-10-16(24-18(15)20(2)19-12)17(22)21(13-6-3-4-7-13)11-14-8-5-9-23-14/h10,13-14H,3-9,11H2,1-2H3/t14-/m0/s1. The summed E-state index contributed by atoms with van der Waals surface area (Å²) in [4.78, 5) is 17.3. The van der Waals surface area contributed by atoms with Gasteiger partial charge >= 0.3 is 0 Å². The molecule has 2 fully saturated rings. The molecule has 1 aliphatic carbocycles. The summed E-state index contributed by atoms with van der Waals surface area (Å²) in [5.74, 6) is 0.179. The normalized spacial score (nSPS) is 21.8. The number of carbonyl (C=O) groups is 1. The molecule has 5 nitrogen and oxygen atoms in total. The first kappa shape index (κ1) is 16.1. The van der Waals surface area contributed by atoms with Gasteiger partial charge in [-0.05, 0) is 38.7 Å². The van der Waals surface area contributed by atoms with Gasteiger partial charge in [0.25, 0.3) is 5.91 Å². The molecule has 0 radical (unpaired) electrons. The largest absolute Gasteiger partial charge is 0.376 e. The number of aromatic nitrogens is 2. The van der Waals surface area contributed by atoms with Crippen molar-refractivity contribution in [3.05, 3.63) is 16.6 Å². The van der Waals surface area contributed by atoms with Gasteiger partial charge in [0.1, 0.15) is 4.83 Å². The van der Waals surface area contributed by atoms with Crippen molar-refractivity contribution in [1.29, 1.82) is 0 Å². The van der Waals surface area contributed by atoms with Gasteiger partial charge in [-0.25, -0.2) is 0 Å². The SMILES string of the molecule is Cc1nn(C)c2sc(C(=O)N(C[C@@H]3CCCO3)C3CCCC3)cc12. The van der Waals surface area contributed by atoms with Crippen LogP contribution in [0.1, 0.15) is 53.9 Å². The molecule has 24 heavy (non-hydrogen) atoms. The second-order valence-corrected chi connectivity index (χ2v) is 8.10. The molecule has 1 atom stereocenters. The van der Waals surface area contributed by atoms with Crippen molar-refractivity contribution in [1.82, 2.24) is 14.7 Å². The highest BCUT2D eigenvalue weighted by Gasteiger charge is 2.32. The van der Waals surface area contributed by atoms with Crippen molar-refractivity contribution >= 4 is 27.5 Å². The Bertz CT molecular complexity index is 704. The summed E-state index contributed by atoms with van der Waals surface area (Å²) in [6, 6.07) is 2.41. The first-order chi connectivity index (χ1) is 11.6. The highest BCUT2D eigenvalue weighted by atomic mass is 32.1. The lowest BCUT2D eigenvalue weighted by molar-refractivity contribution is 0.0424. The summed E-state index contributed by atoms with van der Waals surface area (Å²) >= 11 is 1.57. The van der Waals surface area contributed by atoms with Crippen molar-refractivity contribution < 1.29 is 9.53 Å². The number of nitrogens with zero attached hydrogens (tertiary/aromatic N) is 3. The van der Waals surface area contributed by atoms with E-state index in [-0.39, 0.29) is 12.0 Å². The number of aryl methyl sites for hydroxylation is 2. The van der Waals surface area contributed by atoms with Crippen molar-refractivity contribution in [2.45, 2.75) is 57.6 Å². The monoisotopic (exact) mass is 347 g/mol. The van der Waals surface area contributed by atoms with Crippen molar-refractivity contribution in [3.8, 4) is 0 Å². The van der Waals surface area contributed by atoms with Crippen molar-refractivity contribution in [2.75, 3.05) is 13.2 Å². The van der Waals surface area contributed by atoms with E-state index in [4.69, 9.17) is 4.74 Å². The van der Waals surface area contributed by atoms with Crippen LogP contribution in [0.4, 0.5) is 0 Å². The van der Waals surface area contributed by atoms with Gasteiger partial charge in [0.2, 0.25) is 0 Å². The predicted molar refractivity (Wildman–Crippen MR) is 95.6 cm³/mol. The fourth-order valence-electron chi connectivity index (χ4n) is 4.07. The molecular weight excluding hydrogens is 322 g/mol. The van der Waals surface area contributed by atoms with Crippen molar-refractivity contribution in [3.63, 3.8) is 0 Å². The molecule has 2 aromatic rings. The molecule has 0 bridgehead atoms. The van der Waals surface area contributed by atoms with E-state index in [0.717, 1.165) is 59.6 Å². The molecule has 130 valence electrons. The maximum absolute atomic E-state index is 13.3. The lowest BCUT2D eigenvalue weighted by atomic mass is 10.1. The lowest BCUT2D eigenvalue weighted by Crippen LogP contribution is -2.43. The van der Waals surface area contributed by atoms with Crippen LogP contribution in [0.5, 0.6) is 0 Å². The molecule has 0 spiro atoms. The molecule has 0 N–H and O–H groups in total. The van der Waals surface area contributed by atoms with Gasteiger partial charge in [-0.2, -0.15) is 5.10 Å². The smallest absolute Gasteiger partial charge is 0.264 e. The molecule has 1 saturated carbocycles. The Morgan fingerprint density at radius 1 is 1.38 bits per heavy atom. The number of carbonyl (C=O) groups excluding carboxylic acids is 1. The Kier molecular flexibility index (Phi) is 4.35. The van der Waals surface area contributed by atoms with Crippen molar-refractivity contribution in [2.24, 2.45) is 7.05 Å². The number of hydrogen-bond donors (Lipinski definition) is 0. The topological polar surface area (TPSA) is 47.4 Å². The van der Waals surface area contributed by atoms with E-state index < -0.39 is 0 Å². The highest BCUT2D eigenvalue weighted by molar-refractivity contribution is 7.20. The molecule has 1 amide bonds. The molecule has 1 saturated heterocycles. The maximum atomic E-state index is 13.3. The van der Waals surface area contributed by atoms with Crippen LogP contribution in [0, 0.1) is 6.92 Å². The summed E-state index contributed by atoms with van der Waals surface area (Å²) in [7, 11) is 1.95. The van der Waals surface area contributed by atoms with Gasteiger partial charge in [-0.3, -0.25) is 9.48 Å². The van der Waals surface area contributed by atoms with Gasteiger partial charge in [0.05, 0.1) is 16.7 Å². The third-order valence-corrected chi connectivity index (χ3v) is 6.55. The first-order valence-electron chi connectivity index (χ1n) is 8.99. The maximum Gasteiger partial charge on any atom is 0.264 e. The van der Waals surface area contributed by atoms with Crippen LogP contribution in [0.15, 0.2) is 6.07 Å². The summed E-state index contributed by atoms with van der Waals surface area (Å²) in [5.41, 5.74) is 0.995. The van der Waals surface area contributed by atoms with Gasteiger partial charge in [0.15, 0.2) is 0 Å². The summed E-state index contributed by atoms with van der Waals surface area (Å²) in [6.07, 6.45) is 7.13. The average Bonchev–Trinajstić information content (AvgIpc) is 3.34. The Labute approximate surface area is 146 Å². The molecule has 4 rings (SSSR count). The van der Waals surface area contributed by atoms with Crippen LogP contribution in [-0.2, 0) is 11.8 Å². The van der Waals surface area contributed by atoms with Crippen LogP contribution in [0.25, 0.3) is 10.2 Å². The number of rotatable bonds is 4. The number of hydrogen-bond acceptors (Lipinski definition) is 4. The number of ether oxygens (including phenoxy) is 1. The van der Waals surface area contributed by atoms with Crippen LogP contribution in [-0.4, -0.2) is 45.9 Å². The zero-order valence-electron chi connectivity index (χ0n) is 14.5. The third-order valence-electron chi connectivity index (χ3n) is 5.36. The minimum Gasteiger partial charge on any atom is -0.376 e. The number of fused-ring (bicyclic) bond motifs is 1. The zero-order valence-corrected chi connectivity index (χ0v) is 15.3. The second-order valence-electron chi connectivity index (χ2n) is 7.07. The van der Waals surface area contributed by atoms with E-state index in [1.54, 1.807) is 11.3 Å². The second kappa shape index (κ2) is 6.48. The Hall–Kier alpha value is -1.40. The third kappa shape index (κ3) is 2.86. The molecule has 2 aliphatic rings. The van der Waals surface area contributed by atoms with Crippen LogP contribution >= 0.6 is 11.3 Å². The Morgan fingerprint density at radius 3 is 2.83 bits per heavy atom. The van der Waals surface area contributed by atoms with Crippen LogP contribution in [0.3, 0.4) is 0 Å². The van der Waals surface area contributed by atoms with E-state index >= 15 is 0 Å². The van der Waals surface area contributed by atoms with Crippen LogP contribution < -0.4 is 0 Å². The molecular formula is C18H25N3O2S. The molecule has 0 aromatic carbocycles. The fourth-order valence-corrected chi connectivity index (χ4v) is 5.15. The van der Waals surface area contributed by atoms with Gasteiger partial charge < -0.3 is 9.64 Å². The molecule has 3 heterocycles. The minimum atomic E-state index is 0.179. The fraction of sp³-hybridized carbons (Fsp3) is 0.667. The number of thiophene rings is 1. The molecule has 1 aliphatic heterocycles. The molecule has 6 heteroatoms. The first-order valence-corrected chi connectivity index (χ1v) is 9.81. The Balaban J connectivity index is 1.61. The summed E-state index contributed by atoms with van der Waals surface area (Å²) < 4.78 is 7.69. The van der Waals surface area contributed by atoms with E-state index in [9.17, 15) is 4.79 Å². The zero-order chi connectivity index (χ0) is 16.7. The average molecular weight is 347 g/mol. The van der Waals surface area contributed by atoms with E-state index in [0.29, 0.717) is 6.04 Å². The van der Waals surface area contributed by atoms with E-state index in [1.165, 1.54) is 12.8 Å². The Morgan fingerprint density at radius 2 is 2.17 bits per heavy atom. The van der Waals surface area contributed by atoms with Gasteiger partial charge in [-0.15, -0.1) is 11.3 Å². The quantitative estimate of drug-likeness (QED) is 0.850. The van der Waals surface area contributed by atoms with Gasteiger partial charge in [0, 0.05) is 31.6 Å². The predicted octanol–water partition coefficient (Wildman–Crippen LogP) is 3.51. The molecule has 0 unspecified atom stereocenters. The summed E-state index contributed by atoms with van der Waals surface area (Å²) in [5, 5.41) is 5.54. The van der Waals surface area contributed by atoms with Crippen LogP contribution in [0.2, 0.25) is 0 Å². The summed E-state index contributed by atoms with van der Waals surface area (Å²) in [6.45, 7) is 3.59. The minimum absolute atomic E-state index is 0.179. The van der Waals surface area contributed by atoms with E-state index in [2.05, 4.69) is 10.00 Å². The van der Waals surface area contributed by atoms with E-state index in [1.807, 2.05) is 24.7 Å².